The molecule has 1 N–H and O–H groups in total. The summed E-state index contributed by atoms with van der Waals surface area (Å²) >= 11 is 0. The summed E-state index contributed by atoms with van der Waals surface area (Å²) in [6.07, 6.45) is 6.67. The van der Waals surface area contributed by atoms with Crippen LogP contribution < -0.4 is 5.32 Å². The van der Waals surface area contributed by atoms with Gasteiger partial charge in [0.2, 0.25) is 0 Å². The number of hydrogen-bond donors (Lipinski definition) is 1. The van der Waals surface area contributed by atoms with E-state index in [2.05, 4.69) is 55.4 Å². The van der Waals surface area contributed by atoms with E-state index in [-0.39, 0.29) is 0 Å². The Morgan fingerprint density at radius 1 is 1.25 bits per heavy atom. The molecule has 2 unspecified atom stereocenters. The minimum atomic E-state index is 0.679. The summed E-state index contributed by atoms with van der Waals surface area (Å²) in [5, 5.41) is 3.76. The molecular formula is C18H30N2. The van der Waals surface area contributed by atoms with Gasteiger partial charge in [-0.3, -0.25) is 4.90 Å². The van der Waals surface area contributed by atoms with Crippen molar-refractivity contribution in [2.24, 2.45) is 0 Å². The van der Waals surface area contributed by atoms with Crippen LogP contribution in [0.5, 0.6) is 0 Å². The van der Waals surface area contributed by atoms with E-state index in [0.717, 1.165) is 13.1 Å². The average molecular weight is 274 g/mol. The molecule has 2 rings (SSSR count). The van der Waals surface area contributed by atoms with Crippen LogP contribution in [0.3, 0.4) is 0 Å². The minimum Gasteiger partial charge on any atom is -0.312 e. The van der Waals surface area contributed by atoms with Crippen LogP contribution in [0, 0.1) is 6.92 Å². The molecule has 2 heteroatoms. The SMILES string of the molecule is CCCNC1CCCCC1N(C)Cc1cccc(C)c1. The van der Waals surface area contributed by atoms with Crippen LogP contribution in [0.2, 0.25) is 0 Å². The fourth-order valence-electron chi connectivity index (χ4n) is 3.42. The molecule has 0 radical (unpaired) electrons. The lowest BCUT2D eigenvalue weighted by Crippen LogP contribution is -2.50. The van der Waals surface area contributed by atoms with Crippen LogP contribution in [-0.4, -0.2) is 30.6 Å². The highest BCUT2D eigenvalue weighted by Crippen LogP contribution is 2.24. The lowest BCUT2D eigenvalue weighted by atomic mass is 9.89. The van der Waals surface area contributed by atoms with Gasteiger partial charge in [-0.1, -0.05) is 49.6 Å². The molecule has 0 heterocycles. The predicted molar refractivity (Wildman–Crippen MR) is 87.0 cm³/mol. The largest absolute Gasteiger partial charge is 0.312 e. The van der Waals surface area contributed by atoms with Crippen molar-refractivity contribution >= 4 is 0 Å². The second kappa shape index (κ2) is 7.80. The Bertz CT molecular complexity index is 402. The third-order valence-electron chi connectivity index (χ3n) is 4.47. The average Bonchev–Trinajstić information content (AvgIpc) is 2.45. The Morgan fingerprint density at radius 3 is 2.80 bits per heavy atom. The maximum Gasteiger partial charge on any atom is 0.0249 e. The van der Waals surface area contributed by atoms with Crippen LogP contribution in [0.1, 0.15) is 50.2 Å². The predicted octanol–water partition coefficient (Wildman–Crippen LogP) is 3.74. The summed E-state index contributed by atoms with van der Waals surface area (Å²) in [7, 11) is 2.29. The first-order valence-electron chi connectivity index (χ1n) is 8.20. The number of aryl methyl sites for hydroxylation is 1. The van der Waals surface area contributed by atoms with E-state index >= 15 is 0 Å². The topological polar surface area (TPSA) is 15.3 Å². The molecule has 0 aliphatic heterocycles. The lowest BCUT2D eigenvalue weighted by molar-refractivity contribution is 0.143. The highest BCUT2D eigenvalue weighted by atomic mass is 15.2. The van der Waals surface area contributed by atoms with Crippen LogP contribution >= 0.6 is 0 Å². The second-order valence-corrected chi connectivity index (χ2v) is 6.32. The number of rotatable bonds is 6. The molecule has 0 amide bonds. The van der Waals surface area contributed by atoms with Gasteiger partial charge in [0.15, 0.2) is 0 Å². The maximum absolute atomic E-state index is 3.76. The number of nitrogens with zero attached hydrogens (tertiary/aromatic N) is 1. The van der Waals surface area contributed by atoms with Gasteiger partial charge >= 0.3 is 0 Å². The smallest absolute Gasteiger partial charge is 0.0249 e. The van der Waals surface area contributed by atoms with Gasteiger partial charge in [0.05, 0.1) is 0 Å². The standard InChI is InChI=1S/C18H30N2/c1-4-12-19-17-10-5-6-11-18(17)20(3)14-16-9-7-8-15(2)13-16/h7-9,13,17-19H,4-6,10-12,14H2,1-3H3. The van der Waals surface area contributed by atoms with E-state index in [4.69, 9.17) is 0 Å². The lowest BCUT2D eigenvalue weighted by Gasteiger charge is -2.38. The molecule has 1 aliphatic rings. The van der Waals surface area contributed by atoms with Gasteiger partial charge in [-0.05, 0) is 45.3 Å². The van der Waals surface area contributed by atoms with E-state index in [1.165, 1.54) is 43.2 Å². The van der Waals surface area contributed by atoms with Crippen molar-refractivity contribution in [3.63, 3.8) is 0 Å². The van der Waals surface area contributed by atoms with Crippen molar-refractivity contribution in [1.82, 2.24) is 10.2 Å². The van der Waals surface area contributed by atoms with Crippen molar-refractivity contribution in [2.75, 3.05) is 13.6 Å². The number of likely N-dealkylation sites (N-methyl/N-ethyl adjacent to an activating group) is 1. The monoisotopic (exact) mass is 274 g/mol. The molecule has 1 fully saturated rings. The molecule has 1 aromatic rings. The molecule has 1 saturated carbocycles. The van der Waals surface area contributed by atoms with E-state index < -0.39 is 0 Å². The fraction of sp³-hybridized carbons (Fsp3) is 0.667. The third kappa shape index (κ3) is 4.32. The van der Waals surface area contributed by atoms with Crippen LogP contribution in [0.4, 0.5) is 0 Å². The highest BCUT2D eigenvalue weighted by Gasteiger charge is 2.27. The summed E-state index contributed by atoms with van der Waals surface area (Å²) in [5.74, 6) is 0. The van der Waals surface area contributed by atoms with Crippen LogP contribution in [0.15, 0.2) is 24.3 Å². The van der Waals surface area contributed by atoms with Gasteiger partial charge in [0.25, 0.3) is 0 Å². The van der Waals surface area contributed by atoms with Gasteiger partial charge in [0, 0.05) is 18.6 Å². The summed E-state index contributed by atoms with van der Waals surface area (Å²) in [6, 6.07) is 10.3. The van der Waals surface area contributed by atoms with E-state index in [1.54, 1.807) is 0 Å². The Morgan fingerprint density at radius 2 is 2.05 bits per heavy atom. The number of hydrogen-bond acceptors (Lipinski definition) is 2. The summed E-state index contributed by atoms with van der Waals surface area (Å²) in [5.41, 5.74) is 2.80. The molecule has 0 bridgehead atoms. The van der Waals surface area contributed by atoms with Crippen molar-refractivity contribution < 1.29 is 0 Å². The summed E-state index contributed by atoms with van der Waals surface area (Å²) in [4.78, 5) is 2.56. The van der Waals surface area contributed by atoms with E-state index in [0.29, 0.717) is 12.1 Å². The maximum atomic E-state index is 3.76. The minimum absolute atomic E-state index is 0.679. The fourth-order valence-corrected chi connectivity index (χ4v) is 3.42. The molecule has 0 spiro atoms. The molecule has 1 aliphatic carbocycles. The number of nitrogens with one attached hydrogen (secondary N) is 1. The zero-order valence-corrected chi connectivity index (χ0v) is 13.4. The summed E-state index contributed by atoms with van der Waals surface area (Å²) in [6.45, 7) is 6.65. The van der Waals surface area contributed by atoms with Gasteiger partial charge in [-0.25, -0.2) is 0 Å². The summed E-state index contributed by atoms with van der Waals surface area (Å²) < 4.78 is 0. The molecule has 0 aromatic heterocycles. The Balaban J connectivity index is 1.96. The van der Waals surface area contributed by atoms with Crippen molar-refractivity contribution in [3.8, 4) is 0 Å². The Kier molecular flexibility index (Phi) is 6.06. The van der Waals surface area contributed by atoms with Crippen LogP contribution in [-0.2, 0) is 6.54 Å². The van der Waals surface area contributed by atoms with E-state index in [9.17, 15) is 0 Å². The Hall–Kier alpha value is -0.860. The van der Waals surface area contributed by atoms with Crippen molar-refractivity contribution in [2.45, 2.75) is 64.6 Å². The quantitative estimate of drug-likeness (QED) is 0.850. The first kappa shape index (κ1) is 15.5. The van der Waals surface area contributed by atoms with Gasteiger partial charge in [-0.15, -0.1) is 0 Å². The van der Waals surface area contributed by atoms with Crippen LogP contribution in [0.25, 0.3) is 0 Å². The Labute approximate surface area is 124 Å². The molecular weight excluding hydrogens is 244 g/mol. The molecule has 2 nitrogen and oxygen atoms in total. The molecule has 112 valence electrons. The molecule has 1 aromatic carbocycles. The van der Waals surface area contributed by atoms with Gasteiger partial charge < -0.3 is 5.32 Å². The van der Waals surface area contributed by atoms with E-state index in [1.807, 2.05) is 0 Å². The normalized spacial score (nSPS) is 23.2. The molecule has 0 saturated heterocycles. The van der Waals surface area contributed by atoms with Crippen molar-refractivity contribution in [1.29, 1.82) is 0 Å². The zero-order chi connectivity index (χ0) is 14.4. The van der Waals surface area contributed by atoms with Crippen molar-refractivity contribution in [3.05, 3.63) is 35.4 Å². The van der Waals surface area contributed by atoms with Gasteiger partial charge in [0.1, 0.15) is 0 Å². The first-order valence-corrected chi connectivity index (χ1v) is 8.20. The molecule has 2 atom stereocenters. The third-order valence-corrected chi connectivity index (χ3v) is 4.47. The molecule has 20 heavy (non-hydrogen) atoms. The number of benzene rings is 1. The van der Waals surface area contributed by atoms with Gasteiger partial charge in [-0.2, -0.15) is 0 Å². The second-order valence-electron chi connectivity index (χ2n) is 6.32. The zero-order valence-electron chi connectivity index (χ0n) is 13.4. The first-order chi connectivity index (χ1) is 9.70. The highest BCUT2D eigenvalue weighted by molar-refractivity contribution is 5.22.